The molecular formula is C28H23F2N5O6. The van der Waals surface area contributed by atoms with Crippen LogP contribution in [-0.2, 0) is 42.2 Å². The van der Waals surface area contributed by atoms with E-state index in [1.807, 2.05) is 6.07 Å². The minimum absolute atomic E-state index is 0.0272. The van der Waals surface area contributed by atoms with Crippen LogP contribution < -0.4 is 5.73 Å². The number of nitriles is 1. The maximum Gasteiger partial charge on any atom is 0.310 e. The van der Waals surface area contributed by atoms with Crippen LogP contribution in [0.15, 0.2) is 67.0 Å². The van der Waals surface area contributed by atoms with Gasteiger partial charge in [0.15, 0.2) is 18.0 Å². The second-order valence-corrected chi connectivity index (χ2v) is 9.25. The van der Waals surface area contributed by atoms with Crippen molar-refractivity contribution in [3.63, 3.8) is 0 Å². The lowest BCUT2D eigenvalue weighted by Crippen LogP contribution is -2.46. The SMILES string of the molecule is N#CC1(c2ccc3c(N)ncnn23)OC(CO)C(OC(=O)Cc2ccccc2F)C1OC(=O)Cc1ccccc1F. The van der Waals surface area contributed by atoms with Crippen molar-refractivity contribution in [3.8, 4) is 6.07 Å². The highest BCUT2D eigenvalue weighted by molar-refractivity contribution is 5.74. The van der Waals surface area contributed by atoms with Gasteiger partial charge in [-0.25, -0.2) is 18.3 Å². The largest absolute Gasteiger partial charge is 0.455 e. The number of aromatic nitrogens is 3. The molecular weight excluding hydrogens is 540 g/mol. The minimum Gasteiger partial charge on any atom is -0.455 e. The number of benzene rings is 2. The number of nitrogen functional groups attached to an aromatic ring is 1. The molecule has 4 unspecified atom stereocenters. The monoisotopic (exact) mass is 563 g/mol. The first kappa shape index (κ1) is 27.6. The van der Waals surface area contributed by atoms with E-state index >= 15 is 0 Å². The van der Waals surface area contributed by atoms with E-state index in [1.165, 1.54) is 59.1 Å². The standard InChI is InChI=1S/C28H23F2N5O6/c29-18-7-3-1-5-16(18)11-23(37)39-25-21(13-36)41-28(14-31,22-10-9-20-27(32)33-15-34-35(20)22)26(25)40-24(38)12-17-6-2-4-8-19(17)30/h1-10,15,21,25-26,36H,11-13H2,(H2,32,33,34). The third kappa shape index (κ3) is 5.18. The molecule has 0 radical (unpaired) electrons. The number of hydrogen-bond acceptors (Lipinski definition) is 10. The van der Waals surface area contributed by atoms with Crippen molar-refractivity contribution >= 4 is 23.3 Å². The number of ether oxygens (including phenoxy) is 3. The highest BCUT2D eigenvalue weighted by atomic mass is 19.1. The molecule has 0 saturated carbocycles. The third-order valence-corrected chi connectivity index (χ3v) is 6.72. The zero-order valence-electron chi connectivity index (χ0n) is 21.3. The van der Waals surface area contributed by atoms with Crippen molar-refractivity contribution in [2.45, 2.75) is 36.8 Å². The molecule has 1 aliphatic rings. The van der Waals surface area contributed by atoms with Crippen LogP contribution in [-0.4, -0.2) is 56.6 Å². The number of carbonyl (C=O) groups excluding carboxylic acids is 2. The van der Waals surface area contributed by atoms with Gasteiger partial charge in [-0.3, -0.25) is 9.59 Å². The topological polar surface area (TPSA) is 162 Å². The number of anilines is 1. The summed E-state index contributed by atoms with van der Waals surface area (Å²) in [5.74, 6) is -3.10. The van der Waals surface area contributed by atoms with Crippen molar-refractivity contribution in [2.24, 2.45) is 0 Å². The Morgan fingerprint density at radius 2 is 1.63 bits per heavy atom. The normalized spacial score (nSPS) is 21.9. The molecule has 5 rings (SSSR count). The van der Waals surface area contributed by atoms with Gasteiger partial charge in [0.25, 0.3) is 0 Å². The van der Waals surface area contributed by atoms with Crippen LogP contribution in [0.4, 0.5) is 14.6 Å². The summed E-state index contributed by atoms with van der Waals surface area (Å²) in [5.41, 5.74) is 4.19. The van der Waals surface area contributed by atoms with E-state index in [9.17, 15) is 28.7 Å². The number of esters is 2. The molecule has 11 nitrogen and oxygen atoms in total. The van der Waals surface area contributed by atoms with Crippen molar-refractivity contribution in [1.82, 2.24) is 14.6 Å². The number of nitrogens with two attached hydrogens (primary N) is 1. The summed E-state index contributed by atoms with van der Waals surface area (Å²) in [4.78, 5) is 30.0. The van der Waals surface area contributed by atoms with Gasteiger partial charge < -0.3 is 25.1 Å². The second kappa shape index (κ2) is 11.3. The molecule has 0 aliphatic carbocycles. The van der Waals surface area contributed by atoms with Gasteiger partial charge in [-0.15, -0.1) is 0 Å². The molecule has 4 aromatic rings. The Labute approximate surface area is 231 Å². The van der Waals surface area contributed by atoms with Crippen molar-refractivity contribution in [3.05, 3.63) is 95.4 Å². The van der Waals surface area contributed by atoms with Crippen LogP contribution >= 0.6 is 0 Å². The van der Waals surface area contributed by atoms with Crippen LogP contribution in [0.1, 0.15) is 16.8 Å². The number of halogens is 2. The van der Waals surface area contributed by atoms with Gasteiger partial charge in [-0.05, 0) is 35.4 Å². The number of carbonyl (C=O) groups is 2. The molecule has 41 heavy (non-hydrogen) atoms. The second-order valence-electron chi connectivity index (χ2n) is 9.25. The number of rotatable bonds is 8. The average molecular weight is 564 g/mol. The highest BCUT2D eigenvalue weighted by Crippen LogP contribution is 2.43. The Morgan fingerprint density at radius 3 is 2.22 bits per heavy atom. The van der Waals surface area contributed by atoms with Crippen LogP contribution in [0.25, 0.3) is 5.52 Å². The minimum atomic E-state index is -2.17. The maximum atomic E-state index is 14.3. The van der Waals surface area contributed by atoms with Gasteiger partial charge in [-0.1, -0.05) is 36.4 Å². The lowest BCUT2D eigenvalue weighted by atomic mass is 9.92. The van der Waals surface area contributed by atoms with E-state index in [0.29, 0.717) is 5.52 Å². The number of fused-ring (bicyclic) bond motifs is 1. The number of aliphatic hydroxyl groups excluding tert-OH is 1. The van der Waals surface area contributed by atoms with E-state index in [4.69, 9.17) is 19.9 Å². The summed E-state index contributed by atoms with van der Waals surface area (Å²) >= 11 is 0. The Morgan fingerprint density at radius 1 is 1.02 bits per heavy atom. The Bertz CT molecular complexity index is 1660. The van der Waals surface area contributed by atoms with Gasteiger partial charge in [0.05, 0.1) is 25.1 Å². The quantitative estimate of drug-likeness (QED) is 0.303. The molecule has 0 spiro atoms. The smallest absolute Gasteiger partial charge is 0.310 e. The van der Waals surface area contributed by atoms with Crippen LogP contribution in [0.3, 0.4) is 0 Å². The van der Waals surface area contributed by atoms with E-state index in [-0.39, 0.29) is 22.6 Å². The lowest BCUT2D eigenvalue weighted by molar-refractivity contribution is -0.168. The lowest BCUT2D eigenvalue weighted by Gasteiger charge is -2.28. The molecule has 0 amide bonds. The summed E-state index contributed by atoms with van der Waals surface area (Å²) < 4.78 is 47.0. The van der Waals surface area contributed by atoms with Crippen molar-refractivity contribution in [1.29, 1.82) is 5.26 Å². The molecule has 3 N–H and O–H groups in total. The van der Waals surface area contributed by atoms with Crippen LogP contribution in [0, 0.1) is 23.0 Å². The summed E-state index contributed by atoms with van der Waals surface area (Å²) in [6.45, 7) is -0.747. The van der Waals surface area contributed by atoms with Gasteiger partial charge >= 0.3 is 11.9 Å². The Kier molecular flexibility index (Phi) is 7.60. The molecule has 2 aromatic carbocycles. The zero-order valence-corrected chi connectivity index (χ0v) is 21.3. The van der Waals surface area contributed by atoms with E-state index in [2.05, 4.69) is 10.1 Å². The molecule has 1 saturated heterocycles. The average Bonchev–Trinajstić information content (AvgIpc) is 3.52. The third-order valence-electron chi connectivity index (χ3n) is 6.72. The maximum absolute atomic E-state index is 14.3. The zero-order chi connectivity index (χ0) is 29.1. The molecule has 1 aliphatic heterocycles. The van der Waals surface area contributed by atoms with E-state index < -0.39 is 66.9 Å². The summed E-state index contributed by atoms with van der Waals surface area (Å²) in [7, 11) is 0. The number of nitrogens with zero attached hydrogens (tertiary/aromatic N) is 4. The van der Waals surface area contributed by atoms with E-state index in [1.54, 1.807) is 6.07 Å². The predicted molar refractivity (Wildman–Crippen MR) is 137 cm³/mol. The van der Waals surface area contributed by atoms with Crippen molar-refractivity contribution in [2.75, 3.05) is 12.3 Å². The summed E-state index contributed by atoms with van der Waals surface area (Å²) in [5, 5.41) is 24.8. The summed E-state index contributed by atoms with van der Waals surface area (Å²) in [6, 6.07) is 16.1. The van der Waals surface area contributed by atoms with Gasteiger partial charge in [0.1, 0.15) is 35.7 Å². The number of hydrogen-bond donors (Lipinski definition) is 2. The van der Waals surface area contributed by atoms with Gasteiger partial charge in [-0.2, -0.15) is 10.4 Å². The molecule has 1 fully saturated rings. The molecule has 2 aromatic heterocycles. The highest BCUT2D eigenvalue weighted by Gasteiger charge is 2.62. The van der Waals surface area contributed by atoms with Crippen LogP contribution in [0.2, 0.25) is 0 Å². The first-order valence-electron chi connectivity index (χ1n) is 12.4. The molecule has 210 valence electrons. The molecule has 13 heteroatoms. The molecule has 0 bridgehead atoms. The Hall–Kier alpha value is -4.93. The molecule has 4 atom stereocenters. The van der Waals surface area contributed by atoms with Gasteiger partial charge in [0.2, 0.25) is 5.60 Å². The van der Waals surface area contributed by atoms with Crippen molar-refractivity contribution < 1.29 is 37.7 Å². The van der Waals surface area contributed by atoms with E-state index in [0.717, 1.165) is 6.33 Å². The fourth-order valence-corrected chi connectivity index (χ4v) is 4.79. The summed E-state index contributed by atoms with van der Waals surface area (Å²) in [6.07, 6.45) is -4.41. The fourth-order valence-electron chi connectivity index (χ4n) is 4.79. The molecule has 3 heterocycles. The van der Waals surface area contributed by atoms with Gasteiger partial charge in [0, 0.05) is 0 Å². The Balaban J connectivity index is 1.54. The number of aliphatic hydroxyl groups is 1. The predicted octanol–water partition coefficient (Wildman–Crippen LogP) is 2.01. The fraction of sp³-hybridized carbons (Fsp3) is 0.250. The first-order valence-corrected chi connectivity index (χ1v) is 12.4. The first-order chi connectivity index (χ1) is 19.8. The van der Waals surface area contributed by atoms with Crippen LogP contribution in [0.5, 0.6) is 0 Å².